The van der Waals surface area contributed by atoms with Gasteiger partial charge in [0, 0.05) is 12.6 Å². The average molecular weight is 241 g/mol. The topological polar surface area (TPSA) is 23.5 Å². The van der Waals surface area contributed by atoms with E-state index < -0.39 is 0 Å². The molecule has 0 aromatic heterocycles. The number of hydrogen-bond donors (Lipinski definition) is 1. The lowest BCUT2D eigenvalue weighted by Gasteiger charge is -2.40. The predicted molar refractivity (Wildman–Crippen MR) is 76.0 cm³/mol. The van der Waals surface area contributed by atoms with Crippen molar-refractivity contribution >= 4 is 0 Å². The van der Waals surface area contributed by atoms with Gasteiger partial charge < -0.3 is 5.11 Å². The Labute approximate surface area is 108 Å². The molecular weight excluding hydrogens is 210 g/mol. The molecule has 0 bridgehead atoms. The number of hydrogen-bond acceptors (Lipinski definition) is 2. The predicted octanol–water partition coefficient (Wildman–Crippen LogP) is 3.81. The molecule has 0 aliphatic heterocycles. The van der Waals surface area contributed by atoms with E-state index in [9.17, 15) is 5.11 Å². The summed E-state index contributed by atoms with van der Waals surface area (Å²) in [6.45, 7) is 13.8. The van der Waals surface area contributed by atoms with Gasteiger partial charge in [-0.15, -0.1) is 0 Å². The lowest BCUT2D eigenvalue weighted by atomic mass is 9.85. The van der Waals surface area contributed by atoms with Crippen LogP contribution in [0.2, 0.25) is 0 Å². The van der Waals surface area contributed by atoms with Gasteiger partial charge in [0.2, 0.25) is 0 Å². The van der Waals surface area contributed by atoms with Gasteiger partial charge >= 0.3 is 0 Å². The van der Waals surface area contributed by atoms with Gasteiger partial charge in [-0.1, -0.05) is 52.7 Å². The highest BCUT2D eigenvalue weighted by atomic mass is 16.3. The maximum Gasteiger partial charge on any atom is 0.105 e. The molecule has 0 radical (unpaired) electrons. The minimum Gasteiger partial charge on any atom is -0.379 e. The summed E-state index contributed by atoms with van der Waals surface area (Å²) >= 11 is 0. The third-order valence-electron chi connectivity index (χ3n) is 3.12. The molecule has 0 aliphatic carbocycles. The van der Waals surface area contributed by atoms with Crippen LogP contribution in [0.3, 0.4) is 0 Å². The second-order valence-corrected chi connectivity index (χ2v) is 5.91. The average Bonchev–Trinajstić information content (AvgIpc) is 2.20. The quantitative estimate of drug-likeness (QED) is 0.416. The van der Waals surface area contributed by atoms with Crippen LogP contribution in [0.4, 0.5) is 0 Å². The van der Waals surface area contributed by atoms with Crippen molar-refractivity contribution in [3.63, 3.8) is 0 Å². The molecular formula is C15H31NO. The molecule has 2 atom stereocenters. The van der Waals surface area contributed by atoms with E-state index in [2.05, 4.69) is 44.7 Å². The summed E-state index contributed by atoms with van der Waals surface area (Å²) in [6.07, 6.45) is 7.52. The molecule has 2 heteroatoms. The van der Waals surface area contributed by atoms with Crippen LogP contribution in [0, 0.1) is 5.41 Å². The van der Waals surface area contributed by atoms with E-state index in [1.54, 1.807) is 0 Å². The Hall–Kier alpha value is -0.340. The standard InChI is InChI=1S/C15H31NO/c1-7-9-10-12-16(13(3)17)14(11-8-2)15(4,5)6/h8,11,13-14,17H,7,9-10,12H2,1-6H3/b11-8+. The van der Waals surface area contributed by atoms with Crippen LogP contribution in [-0.4, -0.2) is 28.8 Å². The summed E-state index contributed by atoms with van der Waals surface area (Å²) in [5.74, 6) is 0. The largest absolute Gasteiger partial charge is 0.379 e. The van der Waals surface area contributed by atoms with Crippen LogP contribution in [0.15, 0.2) is 12.2 Å². The van der Waals surface area contributed by atoms with Crippen LogP contribution >= 0.6 is 0 Å². The Morgan fingerprint density at radius 1 is 1.24 bits per heavy atom. The molecule has 0 aliphatic rings. The van der Waals surface area contributed by atoms with E-state index in [0.717, 1.165) is 13.0 Å². The maximum atomic E-state index is 9.96. The fraction of sp³-hybridized carbons (Fsp3) is 0.867. The zero-order valence-corrected chi connectivity index (χ0v) is 12.5. The third kappa shape index (κ3) is 6.23. The van der Waals surface area contributed by atoms with Gasteiger partial charge in [0.15, 0.2) is 0 Å². The first-order valence-electron chi connectivity index (χ1n) is 6.91. The first-order chi connectivity index (χ1) is 7.84. The SMILES string of the molecule is C/C=C/C(N(CCCCC)C(C)O)C(C)(C)C. The van der Waals surface area contributed by atoms with Crippen molar-refractivity contribution in [1.82, 2.24) is 4.90 Å². The Balaban J connectivity index is 4.72. The van der Waals surface area contributed by atoms with E-state index in [1.165, 1.54) is 12.8 Å². The number of aliphatic hydroxyl groups excluding tert-OH is 1. The number of unbranched alkanes of at least 4 members (excludes halogenated alkanes) is 2. The second kappa shape index (κ2) is 7.88. The van der Waals surface area contributed by atoms with Crippen molar-refractivity contribution in [2.75, 3.05) is 6.54 Å². The summed E-state index contributed by atoms with van der Waals surface area (Å²) in [5, 5.41) is 9.96. The summed E-state index contributed by atoms with van der Waals surface area (Å²) in [7, 11) is 0. The minimum absolute atomic E-state index is 0.149. The van der Waals surface area contributed by atoms with Crippen molar-refractivity contribution in [2.24, 2.45) is 5.41 Å². The molecule has 17 heavy (non-hydrogen) atoms. The molecule has 102 valence electrons. The summed E-state index contributed by atoms with van der Waals surface area (Å²) < 4.78 is 0. The van der Waals surface area contributed by atoms with E-state index in [1.807, 2.05) is 13.8 Å². The fourth-order valence-corrected chi connectivity index (χ4v) is 2.18. The third-order valence-corrected chi connectivity index (χ3v) is 3.12. The van der Waals surface area contributed by atoms with E-state index >= 15 is 0 Å². The molecule has 0 saturated carbocycles. The van der Waals surface area contributed by atoms with Crippen molar-refractivity contribution < 1.29 is 5.11 Å². The summed E-state index contributed by atoms with van der Waals surface area (Å²) in [5.41, 5.74) is 0.149. The van der Waals surface area contributed by atoms with Gasteiger partial charge in [0.25, 0.3) is 0 Å². The number of aliphatic hydroxyl groups is 1. The monoisotopic (exact) mass is 241 g/mol. The number of rotatable bonds is 7. The molecule has 2 nitrogen and oxygen atoms in total. The van der Waals surface area contributed by atoms with Crippen LogP contribution in [0.1, 0.15) is 60.8 Å². The highest BCUT2D eigenvalue weighted by molar-refractivity contribution is 4.99. The molecule has 0 saturated heterocycles. The molecule has 1 N–H and O–H groups in total. The van der Waals surface area contributed by atoms with Gasteiger partial charge in [0.05, 0.1) is 0 Å². The molecule has 0 aromatic rings. The van der Waals surface area contributed by atoms with Gasteiger partial charge in [-0.05, 0) is 25.7 Å². The molecule has 0 fully saturated rings. The lowest BCUT2D eigenvalue weighted by molar-refractivity contribution is -0.0282. The van der Waals surface area contributed by atoms with Crippen LogP contribution in [0.25, 0.3) is 0 Å². The van der Waals surface area contributed by atoms with Crippen molar-refractivity contribution in [3.05, 3.63) is 12.2 Å². The zero-order valence-electron chi connectivity index (χ0n) is 12.5. The molecule has 0 spiro atoms. The van der Waals surface area contributed by atoms with E-state index in [4.69, 9.17) is 0 Å². The fourth-order valence-electron chi connectivity index (χ4n) is 2.18. The van der Waals surface area contributed by atoms with Gasteiger partial charge in [-0.3, -0.25) is 4.90 Å². The van der Waals surface area contributed by atoms with Crippen molar-refractivity contribution in [2.45, 2.75) is 73.1 Å². The molecule has 0 aromatic carbocycles. The Morgan fingerprint density at radius 3 is 2.18 bits per heavy atom. The molecule has 0 amide bonds. The molecule has 2 unspecified atom stereocenters. The van der Waals surface area contributed by atoms with Gasteiger partial charge in [-0.2, -0.15) is 0 Å². The normalized spacial score (nSPS) is 16.7. The van der Waals surface area contributed by atoms with Crippen LogP contribution < -0.4 is 0 Å². The number of nitrogens with zero attached hydrogens (tertiary/aromatic N) is 1. The summed E-state index contributed by atoms with van der Waals surface area (Å²) in [6, 6.07) is 0.296. The highest BCUT2D eigenvalue weighted by Gasteiger charge is 2.29. The van der Waals surface area contributed by atoms with E-state index in [-0.39, 0.29) is 11.6 Å². The Morgan fingerprint density at radius 2 is 1.82 bits per heavy atom. The second-order valence-electron chi connectivity index (χ2n) is 5.91. The van der Waals surface area contributed by atoms with E-state index in [0.29, 0.717) is 6.04 Å². The maximum absolute atomic E-state index is 9.96. The Kier molecular flexibility index (Phi) is 7.73. The zero-order chi connectivity index (χ0) is 13.5. The minimum atomic E-state index is -0.382. The first-order valence-corrected chi connectivity index (χ1v) is 6.91. The molecule has 0 heterocycles. The first kappa shape index (κ1) is 16.7. The van der Waals surface area contributed by atoms with Crippen LogP contribution in [0.5, 0.6) is 0 Å². The molecule has 0 rings (SSSR count). The lowest BCUT2D eigenvalue weighted by Crippen LogP contribution is -2.47. The Bertz CT molecular complexity index is 215. The van der Waals surface area contributed by atoms with Crippen molar-refractivity contribution in [1.29, 1.82) is 0 Å². The highest BCUT2D eigenvalue weighted by Crippen LogP contribution is 2.27. The van der Waals surface area contributed by atoms with Gasteiger partial charge in [-0.25, -0.2) is 0 Å². The number of allylic oxidation sites excluding steroid dienone is 1. The smallest absolute Gasteiger partial charge is 0.105 e. The van der Waals surface area contributed by atoms with Crippen LogP contribution in [-0.2, 0) is 0 Å². The van der Waals surface area contributed by atoms with Crippen molar-refractivity contribution in [3.8, 4) is 0 Å². The summed E-state index contributed by atoms with van der Waals surface area (Å²) in [4.78, 5) is 2.20. The van der Waals surface area contributed by atoms with Gasteiger partial charge in [0.1, 0.15) is 6.23 Å².